The van der Waals surface area contributed by atoms with Gasteiger partial charge in [0.05, 0.1) is 0 Å². The third-order valence-electron chi connectivity index (χ3n) is 3.18. The molecule has 3 nitrogen and oxygen atoms in total. The molecule has 0 aliphatic heterocycles. The summed E-state index contributed by atoms with van der Waals surface area (Å²) in [5, 5.41) is 10.8. The molecule has 1 fully saturated rings. The van der Waals surface area contributed by atoms with Crippen LogP contribution in [0, 0.1) is 0 Å². The summed E-state index contributed by atoms with van der Waals surface area (Å²) in [5.41, 5.74) is 0. The Bertz CT molecular complexity index is 321. The number of nitrogens with zero attached hydrogens (tertiary/aromatic N) is 2. The minimum atomic E-state index is -0.416. The molecule has 1 atom stereocenters. The quantitative estimate of drug-likeness (QED) is 0.859. The van der Waals surface area contributed by atoms with Gasteiger partial charge < -0.3 is 9.67 Å². The van der Waals surface area contributed by atoms with Crippen molar-refractivity contribution < 1.29 is 5.11 Å². The lowest BCUT2D eigenvalue weighted by Crippen LogP contribution is -2.11. The Labute approximate surface area is 101 Å². The summed E-state index contributed by atoms with van der Waals surface area (Å²) in [5.74, 6) is 1.59. The zero-order valence-corrected chi connectivity index (χ0v) is 10.6. The van der Waals surface area contributed by atoms with E-state index in [1.807, 2.05) is 22.5 Å². The van der Waals surface area contributed by atoms with E-state index in [9.17, 15) is 5.11 Å². The highest BCUT2D eigenvalue weighted by molar-refractivity contribution is 7.99. The fourth-order valence-electron chi connectivity index (χ4n) is 2.24. The topological polar surface area (TPSA) is 38.0 Å². The molecule has 0 saturated heterocycles. The Hall–Kier alpha value is -0.480. The van der Waals surface area contributed by atoms with Crippen molar-refractivity contribution in [3.63, 3.8) is 0 Å². The summed E-state index contributed by atoms with van der Waals surface area (Å²) in [6, 6.07) is 0. The lowest BCUT2D eigenvalue weighted by Gasteiger charge is -2.14. The Kier molecular flexibility index (Phi) is 4.29. The second-order valence-corrected chi connectivity index (χ2v) is 5.66. The number of thioether (sulfide) groups is 1. The normalized spacial score (nSPS) is 19.1. The molecule has 0 amide bonds. The second kappa shape index (κ2) is 5.73. The molecule has 1 heterocycles. The first-order valence-corrected chi connectivity index (χ1v) is 7.17. The van der Waals surface area contributed by atoms with Crippen LogP contribution in [0.25, 0.3) is 0 Å². The van der Waals surface area contributed by atoms with E-state index in [-0.39, 0.29) is 0 Å². The summed E-state index contributed by atoms with van der Waals surface area (Å²) < 4.78 is 2.01. The van der Waals surface area contributed by atoms with Gasteiger partial charge in [-0.1, -0.05) is 12.8 Å². The van der Waals surface area contributed by atoms with Gasteiger partial charge >= 0.3 is 0 Å². The van der Waals surface area contributed by atoms with E-state index in [0.717, 1.165) is 23.4 Å². The highest BCUT2D eigenvalue weighted by atomic mass is 32.2. The highest BCUT2D eigenvalue weighted by Crippen LogP contribution is 2.31. The fraction of sp³-hybridized carbons (Fsp3) is 0.750. The van der Waals surface area contributed by atoms with E-state index in [1.54, 1.807) is 6.20 Å². The van der Waals surface area contributed by atoms with Crippen LogP contribution in [0.4, 0.5) is 0 Å². The van der Waals surface area contributed by atoms with Gasteiger partial charge in [0.2, 0.25) is 0 Å². The van der Waals surface area contributed by atoms with E-state index in [4.69, 9.17) is 0 Å². The molecule has 4 heteroatoms. The first-order valence-electron chi connectivity index (χ1n) is 6.12. The fourth-order valence-corrected chi connectivity index (χ4v) is 3.51. The number of aromatic nitrogens is 2. The van der Waals surface area contributed by atoms with Crippen molar-refractivity contribution in [2.45, 2.75) is 50.5 Å². The molecule has 1 saturated carbocycles. The lowest BCUT2D eigenvalue weighted by molar-refractivity contribution is 0.188. The number of rotatable bonds is 5. The van der Waals surface area contributed by atoms with Crippen molar-refractivity contribution in [3.05, 3.63) is 18.2 Å². The molecule has 1 aliphatic carbocycles. The largest absolute Gasteiger partial charge is 0.384 e. The number of aryl methyl sites for hydroxylation is 1. The van der Waals surface area contributed by atoms with Crippen molar-refractivity contribution in [3.8, 4) is 0 Å². The van der Waals surface area contributed by atoms with Crippen molar-refractivity contribution in [2.75, 3.05) is 5.75 Å². The maximum Gasteiger partial charge on any atom is 0.138 e. The van der Waals surface area contributed by atoms with Gasteiger partial charge in [-0.05, 0) is 19.8 Å². The van der Waals surface area contributed by atoms with Gasteiger partial charge in [-0.25, -0.2) is 4.98 Å². The molecular formula is C12H20N2OS. The first kappa shape index (κ1) is 12.0. The predicted molar refractivity (Wildman–Crippen MR) is 67.6 cm³/mol. The van der Waals surface area contributed by atoms with Crippen molar-refractivity contribution >= 4 is 11.8 Å². The summed E-state index contributed by atoms with van der Waals surface area (Å²) in [7, 11) is 0. The van der Waals surface area contributed by atoms with Crippen molar-refractivity contribution in [1.82, 2.24) is 9.55 Å². The standard InChI is InChI=1S/C12H20N2OS/c1-2-14-8-7-13-12(14)11(15)9-16-10-5-3-4-6-10/h7-8,10-11,15H,2-6,9H2,1H3. The average molecular weight is 240 g/mol. The van der Waals surface area contributed by atoms with Crippen LogP contribution >= 0.6 is 11.8 Å². The zero-order chi connectivity index (χ0) is 11.4. The monoisotopic (exact) mass is 240 g/mol. The molecule has 2 rings (SSSR count). The van der Waals surface area contributed by atoms with E-state index >= 15 is 0 Å². The number of imidazole rings is 1. The van der Waals surface area contributed by atoms with E-state index in [1.165, 1.54) is 25.7 Å². The molecule has 0 radical (unpaired) electrons. The molecule has 16 heavy (non-hydrogen) atoms. The van der Waals surface area contributed by atoms with Crippen LogP contribution in [0.5, 0.6) is 0 Å². The molecule has 0 bridgehead atoms. The minimum absolute atomic E-state index is 0.416. The van der Waals surface area contributed by atoms with E-state index in [0.29, 0.717) is 0 Å². The zero-order valence-electron chi connectivity index (χ0n) is 9.80. The molecule has 1 aromatic heterocycles. The van der Waals surface area contributed by atoms with Crippen LogP contribution in [0.1, 0.15) is 44.5 Å². The maximum absolute atomic E-state index is 10.1. The van der Waals surface area contributed by atoms with Gasteiger partial charge in [0.15, 0.2) is 0 Å². The molecule has 0 spiro atoms. The van der Waals surface area contributed by atoms with Crippen LogP contribution < -0.4 is 0 Å². The van der Waals surface area contributed by atoms with Gasteiger partial charge in [0.1, 0.15) is 11.9 Å². The Morgan fingerprint density at radius 2 is 2.31 bits per heavy atom. The van der Waals surface area contributed by atoms with Crippen LogP contribution in [0.2, 0.25) is 0 Å². The first-order chi connectivity index (χ1) is 7.81. The minimum Gasteiger partial charge on any atom is -0.384 e. The van der Waals surface area contributed by atoms with Gasteiger partial charge in [-0.2, -0.15) is 11.8 Å². The van der Waals surface area contributed by atoms with E-state index < -0.39 is 6.10 Å². The number of hydrogen-bond acceptors (Lipinski definition) is 3. The Morgan fingerprint density at radius 1 is 1.56 bits per heavy atom. The Balaban J connectivity index is 1.84. The van der Waals surface area contributed by atoms with Crippen LogP contribution in [-0.2, 0) is 6.54 Å². The molecule has 1 unspecified atom stereocenters. The lowest BCUT2D eigenvalue weighted by atomic mass is 10.4. The molecule has 90 valence electrons. The molecule has 0 aromatic carbocycles. The number of aliphatic hydroxyl groups excluding tert-OH is 1. The molecule has 1 aromatic rings. The Morgan fingerprint density at radius 3 is 3.00 bits per heavy atom. The summed E-state index contributed by atoms with van der Waals surface area (Å²) >= 11 is 1.91. The third kappa shape index (κ3) is 2.80. The third-order valence-corrected chi connectivity index (χ3v) is 4.63. The van der Waals surface area contributed by atoms with Gasteiger partial charge in [-0.3, -0.25) is 0 Å². The van der Waals surface area contributed by atoms with Crippen LogP contribution in [0.15, 0.2) is 12.4 Å². The summed E-state index contributed by atoms with van der Waals surface area (Å²) in [6.07, 6.45) is 8.63. The van der Waals surface area contributed by atoms with Gasteiger partial charge in [0.25, 0.3) is 0 Å². The summed E-state index contributed by atoms with van der Waals surface area (Å²) in [6.45, 7) is 2.95. The number of aliphatic hydroxyl groups is 1. The summed E-state index contributed by atoms with van der Waals surface area (Å²) in [4.78, 5) is 4.23. The van der Waals surface area contributed by atoms with Crippen LogP contribution in [0.3, 0.4) is 0 Å². The SMILES string of the molecule is CCn1ccnc1C(O)CSC1CCCC1. The molecule has 1 N–H and O–H groups in total. The highest BCUT2D eigenvalue weighted by Gasteiger charge is 2.19. The molecule has 1 aliphatic rings. The van der Waals surface area contributed by atoms with E-state index in [2.05, 4.69) is 11.9 Å². The second-order valence-electron chi connectivity index (χ2n) is 4.33. The number of hydrogen-bond donors (Lipinski definition) is 1. The average Bonchev–Trinajstić information content (AvgIpc) is 2.96. The van der Waals surface area contributed by atoms with Crippen LogP contribution in [-0.4, -0.2) is 25.7 Å². The van der Waals surface area contributed by atoms with Crippen molar-refractivity contribution in [1.29, 1.82) is 0 Å². The van der Waals surface area contributed by atoms with Crippen molar-refractivity contribution in [2.24, 2.45) is 0 Å². The molecular weight excluding hydrogens is 220 g/mol. The smallest absolute Gasteiger partial charge is 0.138 e. The maximum atomic E-state index is 10.1. The van der Waals surface area contributed by atoms with Gasteiger partial charge in [0, 0.05) is 29.9 Å². The van der Waals surface area contributed by atoms with Gasteiger partial charge in [-0.15, -0.1) is 0 Å². The predicted octanol–water partition coefficient (Wildman–Crippen LogP) is 2.61.